The molecule has 1 aliphatic heterocycles. The molecule has 90 valence electrons. The predicted molar refractivity (Wildman–Crippen MR) is 65.1 cm³/mol. The lowest BCUT2D eigenvalue weighted by Gasteiger charge is -2.35. The van der Waals surface area contributed by atoms with Gasteiger partial charge in [-0.1, -0.05) is 12.8 Å². The van der Waals surface area contributed by atoms with Crippen LogP contribution in [0.25, 0.3) is 0 Å². The van der Waals surface area contributed by atoms with Crippen LogP contribution in [0.15, 0.2) is 0 Å². The number of likely N-dealkylation sites (tertiary alicyclic amines) is 1. The Kier molecular flexibility index (Phi) is 4.20. The van der Waals surface area contributed by atoms with Crippen molar-refractivity contribution >= 4 is 0 Å². The molecule has 0 radical (unpaired) electrons. The van der Waals surface area contributed by atoms with E-state index >= 15 is 0 Å². The molecule has 1 aliphatic carbocycles. The van der Waals surface area contributed by atoms with Crippen molar-refractivity contribution in [3.63, 3.8) is 0 Å². The SMILES string of the molecule is C[C@H](C#N)N1CCC(NC2CCCC2)CC1. The van der Waals surface area contributed by atoms with E-state index in [-0.39, 0.29) is 6.04 Å². The number of hydrogen-bond acceptors (Lipinski definition) is 3. The zero-order chi connectivity index (χ0) is 11.4. The molecule has 2 rings (SSSR count). The molecule has 0 unspecified atom stereocenters. The van der Waals surface area contributed by atoms with Crippen molar-refractivity contribution in [2.24, 2.45) is 0 Å². The Balaban J connectivity index is 1.70. The van der Waals surface area contributed by atoms with E-state index in [1.807, 2.05) is 6.92 Å². The summed E-state index contributed by atoms with van der Waals surface area (Å²) in [6.07, 6.45) is 7.97. The summed E-state index contributed by atoms with van der Waals surface area (Å²) in [5.41, 5.74) is 0. The van der Waals surface area contributed by atoms with Crippen LogP contribution in [-0.4, -0.2) is 36.1 Å². The maximum absolute atomic E-state index is 8.88. The van der Waals surface area contributed by atoms with Crippen LogP contribution in [-0.2, 0) is 0 Å². The number of nitrogens with zero attached hydrogens (tertiary/aromatic N) is 2. The van der Waals surface area contributed by atoms with Crippen LogP contribution in [0.2, 0.25) is 0 Å². The van der Waals surface area contributed by atoms with Gasteiger partial charge in [0.2, 0.25) is 0 Å². The maximum Gasteiger partial charge on any atom is 0.0949 e. The second-order valence-corrected chi connectivity index (χ2v) is 5.26. The van der Waals surface area contributed by atoms with Gasteiger partial charge in [0.25, 0.3) is 0 Å². The van der Waals surface area contributed by atoms with Crippen molar-refractivity contribution in [2.45, 2.75) is 63.6 Å². The molecule has 3 nitrogen and oxygen atoms in total. The molecule has 1 atom stereocenters. The summed E-state index contributed by atoms with van der Waals surface area (Å²) in [5, 5.41) is 12.7. The van der Waals surface area contributed by atoms with Crippen LogP contribution in [0, 0.1) is 11.3 Å². The van der Waals surface area contributed by atoms with Gasteiger partial charge in [-0.05, 0) is 32.6 Å². The van der Waals surface area contributed by atoms with Crippen molar-refractivity contribution in [1.29, 1.82) is 5.26 Å². The second kappa shape index (κ2) is 5.65. The summed E-state index contributed by atoms with van der Waals surface area (Å²) in [6.45, 7) is 4.17. The Labute approximate surface area is 98.8 Å². The minimum atomic E-state index is 0.0902. The monoisotopic (exact) mass is 221 g/mol. The Morgan fingerprint density at radius 1 is 1.12 bits per heavy atom. The van der Waals surface area contributed by atoms with Crippen molar-refractivity contribution in [1.82, 2.24) is 10.2 Å². The minimum absolute atomic E-state index is 0.0902. The first-order chi connectivity index (χ1) is 7.79. The van der Waals surface area contributed by atoms with Crippen molar-refractivity contribution in [2.75, 3.05) is 13.1 Å². The fraction of sp³-hybridized carbons (Fsp3) is 0.923. The van der Waals surface area contributed by atoms with E-state index in [2.05, 4.69) is 16.3 Å². The van der Waals surface area contributed by atoms with Gasteiger partial charge in [-0.15, -0.1) is 0 Å². The van der Waals surface area contributed by atoms with Crippen LogP contribution in [0.1, 0.15) is 45.4 Å². The maximum atomic E-state index is 8.88. The first-order valence-corrected chi connectivity index (χ1v) is 6.69. The second-order valence-electron chi connectivity index (χ2n) is 5.26. The number of hydrogen-bond donors (Lipinski definition) is 1. The lowest BCUT2D eigenvalue weighted by Crippen LogP contribution is -2.47. The molecule has 2 fully saturated rings. The molecular weight excluding hydrogens is 198 g/mol. The summed E-state index contributed by atoms with van der Waals surface area (Å²) in [7, 11) is 0. The van der Waals surface area contributed by atoms with Crippen molar-refractivity contribution in [3.8, 4) is 6.07 Å². The Morgan fingerprint density at radius 3 is 2.25 bits per heavy atom. The van der Waals surface area contributed by atoms with Crippen LogP contribution in [0.4, 0.5) is 0 Å². The molecule has 0 bridgehead atoms. The first-order valence-electron chi connectivity index (χ1n) is 6.69. The molecule has 0 aromatic rings. The molecule has 1 heterocycles. The molecule has 2 aliphatic rings. The third-order valence-corrected chi connectivity index (χ3v) is 4.09. The largest absolute Gasteiger partial charge is 0.311 e. The summed E-state index contributed by atoms with van der Waals surface area (Å²) < 4.78 is 0. The zero-order valence-corrected chi connectivity index (χ0v) is 10.3. The lowest BCUT2D eigenvalue weighted by atomic mass is 10.0. The third-order valence-electron chi connectivity index (χ3n) is 4.09. The highest BCUT2D eigenvalue weighted by molar-refractivity contribution is 4.91. The van der Waals surface area contributed by atoms with E-state index in [9.17, 15) is 0 Å². The minimum Gasteiger partial charge on any atom is -0.311 e. The smallest absolute Gasteiger partial charge is 0.0949 e. The van der Waals surface area contributed by atoms with E-state index in [4.69, 9.17) is 5.26 Å². The van der Waals surface area contributed by atoms with Gasteiger partial charge in [0.15, 0.2) is 0 Å². The van der Waals surface area contributed by atoms with Crippen LogP contribution in [0.3, 0.4) is 0 Å². The van der Waals surface area contributed by atoms with Gasteiger partial charge in [-0.3, -0.25) is 4.90 Å². The van der Waals surface area contributed by atoms with Crippen LogP contribution in [0.5, 0.6) is 0 Å². The Hall–Kier alpha value is -0.590. The fourth-order valence-electron chi connectivity index (χ4n) is 2.96. The number of rotatable bonds is 3. The van der Waals surface area contributed by atoms with E-state index in [1.165, 1.54) is 38.5 Å². The molecule has 1 saturated carbocycles. The van der Waals surface area contributed by atoms with Crippen LogP contribution < -0.4 is 5.32 Å². The molecular formula is C13H23N3. The van der Waals surface area contributed by atoms with Gasteiger partial charge < -0.3 is 5.32 Å². The number of piperidine rings is 1. The lowest BCUT2D eigenvalue weighted by molar-refractivity contribution is 0.172. The van der Waals surface area contributed by atoms with Crippen molar-refractivity contribution < 1.29 is 0 Å². The fourth-order valence-corrected chi connectivity index (χ4v) is 2.96. The predicted octanol–water partition coefficient (Wildman–Crippen LogP) is 1.90. The summed E-state index contributed by atoms with van der Waals surface area (Å²) >= 11 is 0. The summed E-state index contributed by atoms with van der Waals surface area (Å²) in [4.78, 5) is 2.30. The van der Waals surface area contributed by atoms with Gasteiger partial charge in [-0.2, -0.15) is 5.26 Å². The quantitative estimate of drug-likeness (QED) is 0.791. The van der Waals surface area contributed by atoms with Crippen molar-refractivity contribution in [3.05, 3.63) is 0 Å². The van der Waals surface area contributed by atoms with Gasteiger partial charge in [0.1, 0.15) is 0 Å². The molecule has 0 aromatic carbocycles. The first kappa shape index (κ1) is 11.9. The molecule has 3 heteroatoms. The molecule has 1 saturated heterocycles. The summed E-state index contributed by atoms with van der Waals surface area (Å²) in [6, 6.07) is 3.90. The van der Waals surface area contributed by atoms with Gasteiger partial charge in [0.05, 0.1) is 12.1 Å². The molecule has 16 heavy (non-hydrogen) atoms. The molecule has 0 spiro atoms. The topological polar surface area (TPSA) is 39.1 Å². The number of nitrogens with one attached hydrogen (secondary N) is 1. The van der Waals surface area contributed by atoms with Gasteiger partial charge >= 0.3 is 0 Å². The van der Waals surface area contributed by atoms with E-state index < -0.39 is 0 Å². The Morgan fingerprint density at radius 2 is 1.69 bits per heavy atom. The van der Waals surface area contributed by atoms with E-state index in [0.717, 1.165) is 19.1 Å². The average Bonchev–Trinajstić information content (AvgIpc) is 2.82. The standard InChI is InChI=1S/C13H23N3/c1-11(10-14)16-8-6-13(7-9-16)15-12-4-2-3-5-12/h11-13,15H,2-9H2,1H3/t11-/m1/s1. The summed E-state index contributed by atoms with van der Waals surface area (Å²) in [5.74, 6) is 0. The van der Waals surface area contributed by atoms with Crippen LogP contribution >= 0.6 is 0 Å². The third kappa shape index (κ3) is 2.96. The molecule has 1 N–H and O–H groups in total. The number of nitriles is 1. The van der Waals surface area contributed by atoms with Gasteiger partial charge in [-0.25, -0.2) is 0 Å². The molecule has 0 aromatic heterocycles. The highest BCUT2D eigenvalue weighted by atomic mass is 15.2. The van der Waals surface area contributed by atoms with E-state index in [1.54, 1.807) is 0 Å². The average molecular weight is 221 g/mol. The van der Waals surface area contributed by atoms with Gasteiger partial charge in [0, 0.05) is 25.2 Å². The zero-order valence-electron chi connectivity index (χ0n) is 10.3. The Bertz CT molecular complexity index is 244. The highest BCUT2D eigenvalue weighted by Gasteiger charge is 2.25. The highest BCUT2D eigenvalue weighted by Crippen LogP contribution is 2.21. The van der Waals surface area contributed by atoms with E-state index in [0.29, 0.717) is 6.04 Å². The normalized spacial score (nSPS) is 26.8. The molecule has 0 amide bonds.